The van der Waals surface area contributed by atoms with Gasteiger partial charge in [0, 0.05) is 31.7 Å². The van der Waals surface area contributed by atoms with Crippen molar-refractivity contribution in [2.45, 2.75) is 117 Å². The molecule has 7 nitrogen and oxygen atoms in total. The van der Waals surface area contributed by atoms with Crippen LogP contribution >= 0.6 is 8.53 Å². The summed E-state index contributed by atoms with van der Waals surface area (Å²) < 4.78 is 14.7. The van der Waals surface area contributed by atoms with Gasteiger partial charge in [-0.3, -0.25) is 9.69 Å². The van der Waals surface area contributed by atoms with Gasteiger partial charge < -0.3 is 13.9 Å². The molecular formula is C29H55N4O3P. The number of carbonyl (C=O) groups is 1. The number of nitriles is 1. The molecule has 37 heavy (non-hydrogen) atoms. The highest BCUT2D eigenvalue weighted by atomic mass is 31.2. The number of hydrogen-bond acceptors (Lipinski definition) is 6. The van der Waals surface area contributed by atoms with E-state index in [1.807, 2.05) is 0 Å². The van der Waals surface area contributed by atoms with Gasteiger partial charge in [0.2, 0.25) is 5.91 Å². The lowest BCUT2D eigenvalue weighted by molar-refractivity contribution is -0.134. The highest BCUT2D eigenvalue weighted by Gasteiger charge is 2.30. The Morgan fingerprint density at radius 1 is 1.00 bits per heavy atom. The Kier molecular flexibility index (Phi) is 16.2. The highest BCUT2D eigenvalue weighted by molar-refractivity contribution is 7.44. The third kappa shape index (κ3) is 12.3. The zero-order valence-corrected chi connectivity index (χ0v) is 25.4. The lowest BCUT2D eigenvalue weighted by Crippen LogP contribution is -2.45. The van der Waals surface area contributed by atoms with Crippen LogP contribution in [0.4, 0.5) is 0 Å². The molecule has 2 rings (SSSR count). The van der Waals surface area contributed by atoms with Gasteiger partial charge in [-0.15, -0.1) is 0 Å². The highest BCUT2D eigenvalue weighted by Crippen LogP contribution is 2.46. The summed E-state index contributed by atoms with van der Waals surface area (Å²) in [5.74, 6) is 1.53. The van der Waals surface area contributed by atoms with Crippen LogP contribution in [0.5, 0.6) is 0 Å². The fraction of sp³-hybridized carbons (Fsp3) is 0.931. The quantitative estimate of drug-likeness (QED) is 0.145. The molecule has 0 N–H and O–H groups in total. The first-order chi connectivity index (χ1) is 17.8. The van der Waals surface area contributed by atoms with Gasteiger partial charge in [0.05, 0.1) is 32.2 Å². The van der Waals surface area contributed by atoms with Gasteiger partial charge in [0.15, 0.2) is 0 Å². The van der Waals surface area contributed by atoms with Crippen molar-refractivity contribution in [1.82, 2.24) is 14.5 Å². The summed E-state index contributed by atoms with van der Waals surface area (Å²) in [4.78, 5) is 17.8. The summed E-state index contributed by atoms with van der Waals surface area (Å²) in [6.07, 6.45) is 12.7. The summed E-state index contributed by atoms with van der Waals surface area (Å²) >= 11 is 0. The van der Waals surface area contributed by atoms with Crippen LogP contribution in [-0.4, -0.2) is 78.4 Å². The molecule has 0 radical (unpaired) electrons. The van der Waals surface area contributed by atoms with Crippen LogP contribution in [0.3, 0.4) is 0 Å². The van der Waals surface area contributed by atoms with Crippen molar-refractivity contribution < 1.29 is 13.8 Å². The Morgan fingerprint density at radius 2 is 1.68 bits per heavy atom. The van der Waals surface area contributed by atoms with E-state index in [-0.39, 0.29) is 0 Å². The minimum absolute atomic E-state index is 0.306. The minimum Gasteiger partial charge on any atom is -0.342 e. The number of rotatable bonds is 18. The number of unbranched alkanes of at least 4 members (excludes halogenated alkanes) is 3. The van der Waals surface area contributed by atoms with Gasteiger partial charge in [-0.05, 0) is 78.2 Å². The van der Waals surface area contributed by atoms with Gasteiger partial charge in [-0.2, -0.15) is 5.26 Å². The largest absolute Gasteiger partial charge is 0.342 e. The van der Waals surface area contributed by atoms with Gasteiger partial charge in [0.25, 0.3) is 8.53 Å². The summed E-state index contributed by atoms with van der Waals surface area (Å²) in [7, 11) is -1.20. The molecule has 8 heteroatoms. The molecule has 1 saturated heterocycles. The summed E-state index contributed by atoms with van der Waals surface area (Å²) in [6, 6.07) is 2.78. The molecule has 1 atom stereocenters. The van der Waals surface area contributed by atoms with Crippen LogP contribution in [-0.2, 0) is 13.8 Å². The number of hydrogen-bond donors (Lipinski definition) is 0. The SMILES string of the molecule is CCCCCCN(CC(=O)N1CCC(COP(OCCC#N)N(C(C)C)C(C)C)CC1)CC1CCCC1. The maximum absolute atomic E-state index is 13.2. The molecule has 1 amide bonds. The van der Waals surface area contributed by atoms with E-state index in [1.165, 1.54) is 51.4 Å². The second-order valence-corrected chi connectivity index (χ2v) is 13.1. The Bertz CT molecular complexity index is 650. The monoisotopic (exact) mass is 538 g/mol. The van der Waals surface area contributed by atoms with Crippen molar-refractivity contribution in [3.05, 3.63) is 0 Å². The van der Waals surface area contributed by atoms with Crippen LogP contribution in [0.2, 0.25) is 0 Å². The van der Waals surface area contributed by atoms with E-state index in [0.29, 0.717) is 50.1 Å². The lowest BCUT2D eigenvalue weighted by Gasteiger charge is -2.37. The van der Waals surface area contributed by atoms with Crippen LogP contribution in [0.25, 0.3) is 0 Å². The van der Waals surface area contributed by atoms with E-state index in [9.17, 15) is 4.79 Å². The molecule has 0 aromatic heterocycles. The molecule has 1 aliphatic carbocycles. The number of carbonyl (C=O) groups excluding carboxylic acids is 1. The summed E-state index contributed by atoms with van der Waals surface area (Å²) in [5, 5.41) is 8.92. The predicted octanol–water partition coefficient (Wildman–Crippen LogP) is 6.59. The molecule has 2 fully saturated rings. The first-order valence-corrected chi connectivity index (χ1v) is 16.2. The fourth-order valence-corrected chi connectivity index (χ4v) is 7.36. The van der Waals surface area contributed by atoms with Crippen molar-refractivity contribution >= 4 is 14.4 Å². The first-order valence-electron chi connectivity index (χ1n) is 15.1. The van der Waals surface area contributed by atoms with E-state index in [2.05, 4.69) is 55.2 Å². The topological polar surface area (TPSA) is 69.0 Å². The van der Waals surface area contributed by atoms with E-state index in [0.717, 1.165) is 44.9 Å². The van der Waals surface area contributed by atoms with Crippen molar-refractivity contribution in [3.63, 3.8) is 0 Å². The Labute approximate surface area is 229 Å². The summed E-state index contributed by atoms with van der Waals surface area (Å²) in [5.41, 5.74) is 0. The van der Waals surface area contributed by atoms with E-state index in [4.69, 9.17) is 14.3 Å². The number of nitrogens with zero attached hydrogens (tertiary/aromatic N) is 4. The van der Waals surface area contributed by atoms with Gasteiger partial charge in [0.1, 0.15) is 0 Å². The van der Waals surface area contributed by atoms with Crippen LogP contribution in [0.15, 0.2) is 0 Å². The predicted molar refractivity (Wildman–Crippen MR) is 153 cm³/mol. The van der Waals surface area contributed by atoms with Crippen LogP contribution in [0.1, 0.15) is 105 Å². The molecule has 0 aromatic rings. The number of likely N-dealkylation sites (tertiary alicyclic amines) is 1. The molecule has 0 aromatic carbocycles. The molecule has 214 valence electrons. The maximum Gasteiger partial charge on any atom is 0.259 e. The van der Waals surface area contributed by atoms with Crippen LogP contribution in [0, 0.1) is 23.2 Å². The molecule has 1 aliphatic heterocycles. The molecule has 1 unspecified atom stereocenters. The second kappa shape index (κ2) is 18.5. The van der Waals surface area contributed by atoms with Crippen molar-refractivity contribution in [2.75, 3.05) is 45.9 Å². The van der Waals surface area contributed by atoms with Crippen LogP contribution < -0.4 is 0 Å². The molecular weight excluding hydrogens is 483 g/mol. The number of amides is 1. The molecule has 0 bridgehead atoms. The minimum atomic E-state index is -1.20. The normalized spacial score (nSPS) is 18.4. The third-order valence-corrected chi connectivity index (χ3v) is 9.80. The van der Waals surface area contributed by atoms with Gasteiger partial charge in [-0.25, -0.2) is 4.67 Å². The lowest BCUT2D eigenvalue weighted by atomic mass is 9.98. The van der Waals surface area contributed by atoms with E-state index < -0.39 is 8.53 Å². The van der Waals surface area contributed by atoms with Gasteiger partial charge >= 0.3 is 0 Å². The zero-order valence-electron chi connectivity index (χ0n) is 24.5. The Balaban J connectivity index is 1.82. The van der Waals surface area contributed by atoms with E-state index in [1.54, 1.807) is 0 Å². The first kappa shape index (κ1) is 32.4. The standard InChI is InChI=1S/C29H55N4O3P/c1-6-7-8-11-18-31(22-27-13-9-10-14-27)23-29(34)32-19-15-28(16-20-32)24-36-37(35-21-12-17-30)33(25(2)3)26(4)5/h25-28H,6-16,18-24H2,1-5H3. The maximum atomic E-state index is 13.2. The molecule has 1 saturated carbocycles. The Hall–Kier alpha value is -0.770. The van der Waals surface area contributed by atoms with Gasteiger partial charge in [-0.1, -0.05) is 39.0 Å². The molecule has 0 spiro atoms. The van der Waals surface area contributed by atoms with Crippen molar-refractivity contribution in [3.8, 4) is 6.07 Å². The smallest absolute Gasteiger partial charge is 0.259 e. The second-order valence-electron chi connectivity index (χ2n) is 11.6. The van der Waals surface area contributed by atoms with Crippen molar-refractivity contribution in [2.24, 2.45) is 11.8 Å². The summed E-state index contributed by atoms with van der Waals surface area (Å²) in [6.45, 7) is 16.4. The van der Waals surface area contributed by atoms with E-state index >= 15 is 0 Å². The molecule has 2 aliphatic rings. The molecule has 1 heterocycles. The van der Waals surface area contributed by atoms with Crippen molar-refractivity contribution in [1.29, 1.82) is 5.26 Å². The Morgan fingerprint density at radius 3 is 2.27 bits per heavy atom. The fourth-order valence-electron chi connectivity index (χ4n) is 5.68. The number of piperidine rings is 1. The zero-order chi connectivity index (χ0) is 27.0. The average molecular weight is 539 g/mol. The average Bonchev–Trinajstić information content (AvgIpc) is 3.38. The third-order valence-electron chi connectivity index (χ3n) is 7.73.